The Morgan fingerprint density at radius 3 is 1.14 bits per heavy atom. The molecule has 8 heteroatoms. The van der Waals surface area contributed by atoms with Crippen LogP contribution in [-0.4, -0.2) is 38.3 Å². The summed E-state index contributed by atoms with van der Waals surface area (Å²) in [7, 11) is -0.418. The van der Waals surface area contributed by atoms with Gasteiger partial charge in [0.05, 0.1) is 34.0 Å². The molecule has 6 nitrogen and oxygen atoms in total. The summed E-state index contributed by atoms with van der Waals surface area (Å²) in [6.45, 7) is 8.28. The molecule has 3 heterocycles. The monoisotopic (exact) mass is 776 g/mol. The van der Waals surface area contributed by atoms with Crippen molar-refractivity contribution in [1.29, 1.82) is 0 Å². The van der Waals surface area contributed by atoms with Crippen molar-refractivity contribution in [3.63, 3.8) is 0 Å². The molecule has 0 unspecified atom stereocenters. The molecule has 284 valence electrons. The normalized spacial score (nSPS) is 14.1. The van der Waals surface area contributed by atoms with E-state index in [1.54, 1.807) is 0 Å². The molecule has 0 saturated carbocycles. The predicted molar refractivity (Wildman–Crippen MR) is 237 cm³/mol. The third-order valence-corrected chi connectivity index (χ3v) is 10.7. The highest BCUT2D eigenvalue weighted by atomic mass is 35.5. The van der Waals surface area contributed by atoms with Gasteiger partial charge in [0.1, 0.15) is 0 Å². The van der Waals surface area contributed by atoms with E-state index < -0.39 is 7.12 Å². The Hall–Kier alpha value is -6.25. The fourth-order valence-electron chi connectivity index (χ4n) is 6.61. The summed E-state index contributed by atoms with van der Waals surface area (Å²) < 4.78 is 12.5. The van der Waals surface area contributed by atoms with Crippen molar-refractivity contribution < 1.29 is 9.31 Å². The Bertz CT molecular complexity index is 2510. The molecule has 0 atom stereocenters. The van der Waals surface area contributed by atoms with Crippen LogP contribution in [0.5, 0.6) is 0 Å². The first kappa shape index (κ1) is 38.6. The molecular formula is C50H42BClN4O2. The maximum atomic E-state index is 6.27. The van der Waals surface area contributed by atoms with Gasteiger partial charge in [0.2, 0.25) is 0 Å². The van der Waals surface area contributed by atoms with E-state index in [0.29, 0.717) is 16.7 Å². The Labute approximate surface area is 345 Å². The summed E-state index contributed by atoms with van der Waals surface area (Å²) >= 11 is 6.16. The highest BCUT2D eigenvalue weighted by Gasteiger charge is 2.51. The second-order valence-corrected chi connectivity index (χ2v) is 15.5. The molecular weight excluding hydrogens is 735 g/mol. The van der Waals surface area contributed by atoms with Crippen LogP contribution >= 0.6 is 11.6 Å². The number of aromatic nitrogens is 4. The van der Waals surface area contributed by atoms with E-state index in [0.717, 1.165) is 61.6 Å². The fourth-order valence-corrected chi connectivity index (χ4v) is 6.80. The molecule has 0 radical (unpaired) electrons. The minimum Gasteiger partial charge on any atom is -0.399 e. The molecule has 0 N–H and O–H groups in total. The zero-order valence-electron chi connectivity index (χ0n) is 32.9. The van der Waals surface area contributed by atoms with Gasteiger partial charge in [-0.05, 0) is 63.0 Å². The van der Waals surface area contributed by atoms with Crippen molar-refractivity contribution in [3.8, 4) is 67.8 Å². The Balaban J connectivity index is 0.000000168. The van der Waals surface area contributed by atoms with Crippen LogP contribution in [0.15, 0.2) is 182 Å². The van der Waals surface area contributed by atoms with Crippen molar-refractivity contribution >= 4 is 24.2 Å². The molecule has 0 bridgehead atoms. The smallest absolute Gasteiger partial charge is 0.399 e. The molecule has 0 aliphatic carbocycles. The van der Waals surface area contributed by atoms with Gasteiger partial charge in [-0.2, -0.15) is 0 Å². The first-order chi connectivity index (χ1) is 28.1. The van der Waals surface area contributed by atoms with E-state index in [-0.39, 0.29) is 11.2 Å². The summed E-state index contributed by atoms with van der Waals surface area (Å²) in [5.74, 6) is 1.41. The fraction of sp³-hybridized carbons (Fsp3) is 0.120. The van der Waals surface area contributed by atoms with Crippen molar-refractivity contribution in [2.24, 2.45) is 0 Å². The Kier molecular flexibility index (Phi) is 11.1. The zero-order chi connectivity index (χ0) is 40.1. The summed E-state index contributed by atoms with van der Waals surface area (Å²) in [5, 5.41) is 0.693. The lowest BCUT2D eigenvalue weighted by atomic mass is 9.78. The van der Waals surface area contributed by atoms with Crippen molar-refractivity contribution in [2.75, 3.05) is 0 Å². The molecule has 9 rings (SSSR count). The molecule has 1 aliphatic rings. The highest BCUT2D eigenvalue weighted by Crippen LogP contribution is 2.37. The Morgan fingerprint density at radius 2 is 0.724 bits per heavy atom. The molecule has 2 aromatic heterocycles. The SMILES string of the molecule is CC1(C)OB(c2cccc(-c3cc(-c4ccccc4)nc(-c4ccccc4)n3)c2)OC1(C)C.Clc1cccc(-c2cc(-c3ccccc3)nc(-c3ccccc3)n2)c1. The Morgan fingerprint density at radius 1 is 0.379 bits per heavy atom. The highest BCUT2D eigenvalue weighted by molar-refractivity contribution is 6.62. The average molecular weight is 777 g/mol. The van der Waals surface area contributed by atoms with Crippen molar-refractivity contribution in [2.45, 2.75) is 38.9 Å². The first-order valence-corrected chi connectivity index (χ1v) is 19.7. The van der Waals surface area contributed by atoms with Gasteiger partial charge in [-0.3, -0.25) is 0 Å². The number of hydrogen-bond acceptors (Lipinski definition) is 6. The van der Waals surface area contributed by atoms with Gasteiger partial charge in [-0.25, -0.2) is 19.9 Å². The van der Waals surface area contributed by atoms with Crippen LogP contribution in [0.25, 0.3) is 67.8 Å². The van der Waals surface area contributed by atoms with Crippen LogP contribution in [0.3, 0.4) is 0 Å². The van der Waals surface area contributed by atoms with Gasteiger partial charge in [0.25, 0.3) is 0 Å². The molecule has 58 heavy (non-hydrogen) atoms. The van der Waals surface area contributed by atoms with Crippen LogP contribution < -0.4 is 5.46 Å². The van der Waals surface area contributed by atoms with Gasteiger partial charge in [0.15, 0.2) is 11.6 Å². The summed E-state index contributed by atoms with van der Waals surface area (Å²) in [6.07, 6.45) is 0. The molecule has 0 spiro atoms. The van der Waals surface area contributed by atoms with Gasteiger partial charge in [-0.1, -0.05) is 169 Å². The number of halogens is 1. The predicted octanol–water partition coefficient (Wildman–Crippen LogP) is 11.9. The van der Waals surface area contributed by atoms with Gasteiger partial charge < -0.3 is 9.31 Å². The average Bonchev–Trinajstić information content (AvgIpc) is 3.50. The van der Waals surface area contributed by atoms with Gasteiger partial charge in [-0.15, -0.1) is 0 Å². The van der Waals surface area contributed by atoms with Crippen LogP contribution in [0, 0.1) is 0 Å². The largest absolute Gasteiger partial charge is 0.494 e. The van der Waals surface area contributed by atoms with E-state index in [9.17, 15) is 0 Å². The lowest BCUT2D eigenvalue weighted by Crippen LogP contribution is -2.41. The summed E-state index contributed by atoms with van der Waals surface area (Å²) in [5.41, 5.74) is 9.78. The third-order valence-electron chi connectivity index (χ3n) is 10.5. The molecule has 1 fully saturated rings. The molecule has 8 aromatic rings. The molecule has 6 aromatic carbocycles. The van der Waals surface area contributed by atoms with Gasteiger partial charge >= 0.3 is 7.12 Å². The zero-order valence-corrected chi connectivity index (χ0v) is 33.6. The van der Waals surface area contributed by atoms with Crippen molar-refractivity contribution in [1.82, 2.24) is 19.9 Å². The van der Waals surface area contributed by atoms with Gasteiger partial charge in [0, 0.05) is 32.8 Å². The van der Waals surface area contributed by atoms with E-state index in [2.05, 4.69) is 64.1 Å². The lowest BCUT2D eigenvalue weighted by Gasteiger charge is -2.32. The van der Waals surface area contributed by atoms with E-state index >= 15 is 0 Å². The van der Waals surface area contributed by atoms with Crippen LogP contribution in [0.1, 0.15) is 27.7 Å². The second-order valence-electron chi connectivity index (χ2n) is 15.1. The van der Waals surface area contributed by atoms with Crippen molar-refractivity contribution in [3.05, 3.63) is 187 Å². The number of hydrogen-bond donors (Lipinski definition) is 0. The minimum atomic E-state index is -0.418. The van der Waals surface area contributed by atoms with Crippen LogP contribution in [0.2, 0.25) is 5.02 Å². The number of nitrogens with zero attached hydrogens (tertiary/aromatic N) is 4. The topological polar surface area (TPSA) is 70.0 Å². The van der Waals surface area contributed by atoms with E-state index in [1.807, 2.05) is 146 Å². The number of benzene rings is 6. The number of rotatable bonds is 7. The van der Waals surface area contributed by atoms with E-state index in [1.165, 1.54) is 0 Å². The summed E-state index contributed by atoms with van der Waals surface area (Å²) in [6, 6.07) is 60.5. The summed E-state index contributed by atoms with van der Waals surface area (Å²) in [4.78, 5) is 19.4. The van der Waals surface area contributed by atoms with Crippen LogP contribution in [-0.2, 0) is 9.31 Å². The molecule has 1 saturated heterocycles. The standard InChI is InChI=1S/C28H27BN2O2.C22H15ClN2/c1-27(2)28(3,4)33-29(32-27)23-17-11-16-22(18-23)25-19-24(20-12-7-5-8-13-20)30-26(31-25)21-14-9-6-10-15-21;23-19-13-7-12-18(14-19)21-15-20(16-8-3-1-4-9-16)24-22(25-21)17-10-5-2-6-11-17/h5-19H,1-4H3;1-15H. The molecule has 0 amide bonds. The third kappa shape index (κ3) is 8.68. The van der Waals surface area contributed by atoms with E-state index in [4.69, 9.17) is 40.8 Å². The maximum Gasteiger partial charge on any atom is 0.494 e. The second kappa shape index (κ2) is 16.7. The first-order valence-electron chi connectivity index (χ1n) is 19.3. The lowest BCUT2D eigenvalue weighted by molar-refractivity contribution is 0.00578. The van der Waals surface area contributed by atoms with Crippen LogP contribution in [0.4, 0.5) is 0 Å². The minimum absolute atomic E-state index is 0.385. The quantitative estimate of drug-likeness (QED) is 0.150. The molecule has 1 aliphatic heterocycles. The maximum absolute atomic E-state index is 6.27.